The third-order valence-electron chi connectivity index (χ3n) is 5.07. The van der Waals surface area contributed by atoms with Crippen LogP contribution in [0.2, 0.25) is 0 Å². The van der Waals surface area contributed by atoms with Crippen LogP contribution in [0.15, 0.2) is 34.7 Å². The van der Waals surface area contributed by atoms with Crippen molar-refractivity contribution in [3.05, 3.63) is 41.6 Å². The molecule has 0 saturated carbocycles. The van der Waals surface area contributed by atoms with Crippen LogP contribution in [0.4, 0.5) is 6.01 Å². The summed E-state index contributed by atoms with van der Waals surface area (Å²) in [6, 6.07) is 9.68. The number of fused-ring (bicyclic) bond motifs is 1. The van der Waals surface area contributed by atoms with Crippen LogP contribution < -0.4 is 14.4 Å². The molecule has 0 spiro atoms. The van der Waals surface area contributed by atoms with E-state index in [0.717, 1.165) is 18.7 Å². The zero-order valence-corrected chi connectivity index (χ0v) is 16.8. The average molecular weight is 396 g/mol. The lowest BCUT2D eigenvalue weighted by atomic mass is 10.1. The number of carbonyl (C=O) groups is 1. The molecule has 0 bridgehead atoms. The van der Waals surface area contributed by atoms with Crippen molar-refractivity contribution in [1.82, 2.24) is 14.9 Å². The van der Waals surface area contributed by atoms with Crippen molar-refractivity contribution in [3.8, 4) is 11.5 Å². The van der Waals surface area contributed by atoms with E-state index in [1.165, 1.54) is 0 Å². The number of amides is 1. The lowest BCUT2D eigenvalue weighted by Crippen LogP contribution is -2.35. The van der Waals surface area contributed by atoms with Gasteiger partial charge in [0.25, 0.3) is 11.9 Å². The van der Waals surface area contributed by atoms with Gasteiger partial charge in [-0.1, -0.05) is 6.07 Å². The van der Waals surface area contributed by atoms with Crippen LogP contribution >= 0.6 is 0 Å². The summed E-state index contributed by atoms with van der Waals surface area (Å²) < 4.78 is 16.6. The number of pyridine rings is 1. The molecule has 1 aliphatic rings. The van der Waals surface area contributed by atoms with E-state index in [4.69, 9.17) is 13.9 Å². The summed E-state index contributed by atoms with van der Waals surface area (Å²) >= 11 is 0. The molecule has 0 unspecified atom stereocenters. The zero-order chi connectivity index (χ0) is 20.4. The van der Waals surface area contributed by atoms with Gasteiger partial charge in [0.2, 0.25) is 5.65 Å². The fraction of sp³-hybridized carbons (Fsp3) is 0.381. The van der Waals surface area contributed by atoms with Gasteiger partial charge < -0.3 is 23.7 Å². The molecule has 3 aromatic rings. The third-order valence-corrected chi connectivity index (χ3v) is 5.07. The molecule has 1 amide bonds. The predicted molar refractivity (Wildman–Crippen MR) is 109 cm³/mol. The Morgan fingerprint density at radius 2 is 1.90 bits per heavy atom. The van der Waals surface area contributed by atoms with E-state index in [0.29, 0.717) is 53.9 Å². The van der Waals surface area contributed by atoms with Crippen molar-refractivity contribution in [1.29, 1.82) is 0 Å². The number of aromatic nitrogens is 2. The normalized spacial score (nSPS) is 14.7. The number of para-hydroxylation sites is 1. The van der Waals surface area contributed by atoms with Crippen LogP contribution in [0.25, 0.3) is 11.2 Å². The Bertz CT molecular complexity index is 1030. The summed E-state index contributed by atoms with van der Waals surface area (Å²) in [5, 5.41) is 0. The van der Waals surface area contributed by atoms with Gasteiger partial charge in [-0.3, -0.25) is 4.79 Å². The van der Waals surface area contributed by atoms with Crippen LogP contribution in [-0.2, 0) is 0 Å². The summed E-state index contributed by atoms with van der Waals surface area (Å²) in [7, 11) is 3.11. The molecule has 0 N–H and O–H groups in total. The second-order valence-corrected chi connectivity index (χ2v) is 6.94. The van der Waals surface area contributed by atoms with Gasteiger partial charge in [0, 0.05) is 31.9 Å². The van der Waals surface area contributed by atoms with Gasteiger partial charge in [0.05, 0.1) is 19.8 Å². The van der Waals surface area contributed by atoms with Gasteiger partial charge in [-0.25, -0.2) is 4.98 Å². The van der Waals surface area contributed by atoms with Crippen molar-refractivity contribution in [2.24, 2.45) is 0 Å². The molecule has 0 radical (unpaired) electrons. The first kappa shape index (κ1) is 19.0. The second-order valence-electron chi connectivity index (χ2n) is 6.94. The van der Waals surface area contributed by atoms with Crippen molar-refractivity contribution in [3.63, 3.8) is 0 Å². The first-order valence-corrected chi connectivity index (χ1v) is 9.60. The summed E-state index contributed by atoms with van der Waals surface area (Å²) in [6.07, 6.45) is 0.809. The van der Waals surface area contributed by atoms with Gasteiger partial charge >= 0.3 is 0 Å². The number of hydrogen-bond donors (Lipinski definition) is 0. The van der Waals surface area contributed by atoms with Crippen LogP contribution in [0.3, 0.4) is 0 Å². The Labute approximate surface area is 169 Å². The van der Waals surface area contributed by atoms with Crippen molar-refractivity contribution >= 4 is 23.2 Å². The first-order chi connectivity index (χ1) is 14.1. The number of methoxy groups -OCH3 is 2. The van der Waals surface area contributed by atoms with Gasteiger partial charge in [0.1, 0.15) is 0 Å². The highest BCUT2D eigenvalue weighted by Gasteiger charge is 2.26. The summed E-state index contributed by atoms with van der Waals surface area (Å²) in [5.41, 5.74) is 2.68. The van der Waals surface area contributed by atoms with Crippen LogP contribution in [0, 0.1) is 6.92 Å². The Morgan fingerprint density at radius 1 is 1.03 bits per heavy atom. The standard InChI is InChI=1S/C21H24N4O4/c1-14-8-9-17-19(22-14)23-21(29-17)25-11-5-10-24(12-13-25)20(26)15-6-4-7-16(27-2)18(15)28-3/h4,6-9H,5,10-13H2,1-3H3. The fourth-order valence-electron chi connectivity index (χ4n) is 3.57. The van der Waals surface area contributed by atoms with Crippen molar-refractivity contribution in [2.45, 2.75) is 13.3 Å². The molecule has 0 aliphatic carbocycles. The third kappa shape index (κ3) is 3.70. The number of hydrogen-bond acceptors (Lipinski definition) is 7. The SMILES string of the molecule is COc1cccc(C(=O)N2CCCN(c3nc4nc(C)ccc4o3)CC2)c1OC. The number of nitrogens with zero attached hydrogens (tertiary/aromatic N) is 4. The number of anilines is 1. The summed E-state index contributed by atoms with van der Waals surface area (Å²) in [6.45, 7) is 4.52. The molecule has 29 heavy (non-hydrogen) atoms. The van der Waals surface area contributed by atoms with Crippen LogP contribution in [0.1, 0.15) is 22.5 Å². The molecular weight excluding hydrogens is 372 g/mol. The molecule has 4 rings (SSSR count). The highest BCUT2D eigenvalue weighted by Crippen LogP contribution is 2.32. The monoisotopic (exact) mass is 396 g/mol. The number of rotatable bonds is 4. The maximum Gasteiger partial charge on any atom is 0.300 e. The topological polar surface area (TPSA) is 80.9 Å². The molecule has 1 saturated heterocycles. The van der Waals surface area contributed by atoms with E-state index in [2.05, 4.69) is 14.9 Å². The lowest BCUT2D eigenvalue weighted by Gasteiger charge is -2.22. The molecule has 8 heteroatoms. The summed E-state index contributed by atoms with van der Waals surface area (Å²) in [4.78, 5) is 26.0. The average Bonchev–Trinajstić information content (AvgIpc) is 3.00. The minimum Gasteiger partial charge on any atom is -0.493 e. The number of oxazole rings is 1. The quantitative estimate of drug-likeness (QED) is 0.671. The highest BCUT2D eigenvalue weighted by atomic mass is 16.5. The number of aryl methyl sites for hydroxylation is 1. The van der Waals surface area contributed by atoms with E-state index in [-0.39, 0.29) is 5.91 Å². The Hall–Kier alpha value is -3.29. The minimum atomic E-state index is -0.0718. The highest BCUT2D eigenvalue weighted by molar-refractivity contribution is 5.98. The van der Waals surface area contributed by atoms with E-state index in [1.54, 1.807) is 32.4 Å². The van der Waals surface area contributed by atoms with Crippen LogP contribution in [-0.4, -0.2) is 61.2 Å². The smallest absolute Gasteiger partial charge is 0.300 e. The fourth-order valence-corrected chi connectivity index (χ4v) is 3.57. The van der Waals surface area contributed by atoms with Gasteiger partial charge in [-0.2, -0.15) is 4.98 Å². The molecular formula is C21H24N4O4. The number of carbonyl (C=O) groups excluding carboxylic acids is 1. The summed E-state index contributed by atoms with van der Waals surface area (Å²) in [5.74, 6) is 0.933. The Balaban J connectivity index is 1.52. The van der Waals surface area contributed by atoms with E-state index >= 15 is 0 Å². The molecule has 152 valence electrons. The van der Waals surface area contributed by atoms with Crippen molar-refractivity contribution in [2.75, 3.05) is 45.3 Å². The molecule has 2 aromatic heterocycles. The van der Waals surface area contributed by atoms with E-state index < -0.39 is 0 Å². The molecule has 0 atom stereocenters. The predicted octanol–water partition coefficient (Wildman–Crippen LogP) is 2.90. The lowest BCUT2D eigenvalue weighted by molar-refractivity contribution is 0.0763. The molecule has 3 heterocycles. The molecule has 8 nitrogen and oxygen atoms in total. The van der Waals surface area contributed by atoms with Gasteiger partial charge in [-0.05, 0) is 37.6 Å². The largest absolute Gasteiger partial charge is 0.493 e. The van der Waals surface area contributed by atoms with Crippen molar-refractivity contribution < 1.29 is 18.7 Å². The molecule has 1 fully saturated rings. The molecule has 1 aromatic carbocycles. The minimum absolute atomic E-state index is 0.0718. The van der Waals surface area contributed by atoms with Gasteiger partial charge in [0.15, 0.2) is 17.1 Å². The Morgan fingerprint density at radius 3 is 2.69 bits per heavy atom. The molecule has 1 aliphatic heterocycles. The Kier molecular flexibility index (Phi) is 5.24. The van der Waals surface area contributed by atoms with E-state index in [9.17, 15) is 4.79 Å². The van der Waals surface area contributed by atoms with Gasteiger partial charge in [-0.15, -0.1) is 0 Å². The van der Waals surface area contributed by atoms with E-state index in [1.807, 2.05) is 24.0 Å². The zero-order valence-electron chi connectivity index (χ0n) is 16.8. The number of ether oxygens (including phenoxy) is 2. The maximum atomic E-state index is 13.1. The second kappa shape index (κ2) is 7.98. The maximum absolute atomic E-state index is 13.1. The van der Waals surface area contributed by atoms with Crippen LogP contribution in [0.5, 0.6) is 11.5 Å². The number of benzene rings is 1. The first-order valence-electron chi connectivity index (χ1n) is 9.60.